The molecule has 1 fully saturated rings. The van der Waals surface area contributed by atoms with E-state index in [-0.39, 0.29) is 0 Å². The number of alkyl halides is 1. The van der Waals surface area contributed by atoms with Gasteiger partial charge in [0.15, 0.2) is 12.4 Å². The minimum absolute atomic E-state index is 0.396. The molecule has 1 aromatic heterocycles. The second kappa shape index (κ2) is 5.43. The summed E-state index contributed by atoms with van der Waals surface area (Å²) >= 11 is 0. The quantitative estimate of drug-likeness (QED) is 0.766. The molecule has 0 spiro atoms. The lowest BCUT2D eigenvalue weighted by molar-refractivity contribution is -0.129. The van der Waals surface area contributed by atoms with E-state index in [0.717, 1.165) is 0 Å². The third kappa shape index (κ3) is 2.39. The van der Waals surface area contributed by atoms with Gasteiger partial charge in [-0.2, -0.15) is 9.45 Å². The highest BCUT2D eigenvalue weighted by molar-refractivity contribution is 4.96. The summed E-state index contributed by atoms with van der Waals surface area (Å²) in [6.07, 6.45) is -2.82. The number of hydrogen-bond donors (Lipinski definition) is 2. The minimum Gasteiger partial charge on any atom is -0.350 e. The normalized spacial score (nSPS) is 30.1. The van der Waals surface area contributed by atoms with Crippen LogP contribution in [0, 0.1) is 5.82 Å². The van der Waals surface area contributed by atoms with Gasteiger partial charge in [-0.15, -0.1) is 0 Å². The molecule has 2 rings (SSSR count). The van der Waals surface area contributed by atoms with E-state index in [0.29, 0.717) is 22.2 Å². The van der Waals surface area contributed by atoms with Crippen LogP contribution in [0.15, 0.2) is 15.8 Å². The number of H-pyrrole nitrogens is 1. The van der Waals surface area contributed by atoms with Gasteiger partial charge < -0.3 is 9.94 Å². The fourth-order valence-electron chi connectivity index (χ4n) is 2.36. The number of halogens is 2. The third-order valence-corrected chi connectivity index (χ3v) is 3.33. The molecule has 1 saturated heterocycles. The molecule has 112 valence electrons. The van der Waals surface area contributed by atoms with Gasteiger partial charge in [-0.05, 0) is 6.42 Å². The number of nitrogens with zero attached hydrogens (tertiary/aromatic N) is 2. The van der Waals surface area contributed by atoms with E-state index in [2.05, 4.69) is 0 Å². The Balaban J connectivity index is 2.42. The van der Waals surface area contributed by atoms with Crippen LogP contribution in [-0.2, 0) is 4.74 Å². The summed E-state index contributed by atoms with van der Waals surface area (Å²) in [5.41, 5.74) is -2.15. The number of likely N-dealkylation sites (N-methyl/N-ethyl adjacent to an activating group) is 1. The summed E-state index contributed by atoms with van der Waals surface area (Å²) in [5, 5.41) is 10.1. The van der Waals surface area contributed by atoms with Crippen molar-refractivity contribution in [1.82, 2.24) is 14.6 Å². The van der Waals surface area contributed by atoms with Crippen molar-refractivity contribution in [2.45, 2.75) is 37.9 Å². The van der Waals surface area contributed by atoms with E-state index in [1.165, 1.54) is 7.05 Å². The van der Waals surface area contributed by atoms with Crippen molar-refractivity contribution in [2.75, 3.05) is 7.05 Å². The van der Waals surface area contributed by atoms with Gasteiger partial charge >= 0.3 is 5.69 Å². The molecule has 0 amide bonds. The first-order valence-electron chi connectivity index (χ1n) is 6.09. The minimum atomic E-state index is -1.75. The number of rotatable bonds is 3. The van der Waals surface area contributed by atoms with Crippen molar-refractivity contribution >= 4 is 0 Å². The maximum absolute atomic E-state index is 14.3. The number of hydroxylamine groups is 2. The average molecular weight is 291 g/mol. The van der Waals surface area contributed by atoms with Gasteiger partial charge in [-0.3, -0.25) is 14.3 Å². The average Bonchev–Trinajstić information content (AvgIpc) is 2.71. The Morgan fingerprint density at radius 2 is 2.20 bits per heavy atom. The van der Waals surface area contributed by atoms with Crippen molar-refractivity contribution in [3.8, 4) is 0 Å². The predicted octanol–water partition coefficient (Wildman–Crippen LogP) is 0.0108. The molecule has 0 radical (unpaired) electrons. The van der Waals surface area contributed by atoms with Gasteiger partial charge in [-0.25, -0.2) is 9.18 Å². The van der Waals surface area contributed by atoms with Crippen LogP contribution in [0.25, 0.3) is 0 Å². The van der Waals surface area contributed by atoms with Crippen molar-refractivity contribution in [1.29, 1.82) is 0 Å². The number of hydrogen-bond acceptors (Lipinski definition) is 5. The molecule has 9 heteroatoms. The Morgan fingerprint density at radius 1 is 1.55 bits per heavy atom. The number of ether oxygens (including phenoxy) is 1. The summed E-state index contributed by atoms with van der Waals surface area (Å²) in [6, 6.07) is -0.980. The molecule has 1 aliphatic rings. The van der Waals surface area contributed by atoms with Crippen molar-refractivity contribution in [2.24, 2.45) is 0 Å². The van der Waals surface area contributed by atoms with Crippen molar-refractivity contribution in [3.05, 3.63) is 32.9 Å². The van der Waals surface area contributed by atoms with Gasteiger partial charge in [0.1, 0.15) is 0 Å². The number of aromatic amines is 1. The highest BCUT2D eigenvalue weighted by Crippen LogP contribution is 2.34. The molecule has 0 aliphatic carbocycles. The Kier molecular flexibility index (Phi) is 4.02. The van der Waals surface area contributed by atoms with Gasteiger partial charge in [0, 0.05) is 7.05 Å². The maximum atomic E-state index is 14.3. The van der Waals surface area contributed by atoms with Crippen LogP contribution in [0.3, 0.4) is 0 Å². The summed E-state index contributed by atoms with van der Waals surface area (Å²) in [7, 11) is 1.27. The predicted molar refractivity (Wildman–Crippen MR) is 63.7 cm³/mol. The van der Waals surface area contributed by atoms with Crippen LogP contribution < -0.4 is 11.2 Å². The van der Waals surface area contributed by atoms with Gasteiger partial charge in [-0.1, -0.05) is 6.92 Å². The highest BCUT2D eigenvalue weighted by atomic mass is 19.1. The van der Waals surface area contributed by atoms with Crippen LogP contribution >= 0.6 is 0 Å². The topological polar surface area (TPSA) is 87.6 Å². The third-order valence-electron chi connectivity index (χ3n) is 3.33. The lowest BCUT2D eigenvalue weighted by Gasteiger charge is -2.23. The first kappa shape index (κ1) is 14.8. The molecule has 2 heterocycles. The van der Waals surface area contributed by atoms with Gasteiger partial charge in [0.05, 0.1) is 18.3 Å². The Morgan fingerprint density at radius 3 is 2.70 bits per heavy atom. The van der Waals surface area contributed by atoms with Crippen LogP contribution in [0.4, 0.5) is 8.78 Å². The Bertz CT molecular complexity index is 600. The van der Waals surface area contributed by atoms with Crippen LogP contribution in [0.2, 0.25) is 0 Å². The van der Waals surface area contributed by atoms with E-state index < -0.39 is 41.6 Å². The zero-order chi connectivity index (χ0) is 15.0. The Labute approximate surface area is 112 Å². The van der Waals surface area contributed by atoms with Crippen molar-refractivity contribution < 1.29 is 18.7 Å². The standard InChI is InChI=1S/C11H15F2N3O4/c1-3-6-8(15(2)19)7(13)10(20-6)16-4-5(12)9(17)14-11(16)18/h4,6-8,10,19H,3H2,1-2H3,(H,14,17,18)/t6?,7-,8?,10?/m0/s1. The summed E-state index contributed by atoms with van der Waals surface area (Å²) in [5.74, 6) is -1.21. The lowest BCUT2D eigenvalue weighted by Crippen LogP contribution is -2.43. The molecule has 3 unspecified atom stereocenters. The zero-order valence-electron chi connectivity index (χ0n) is 10.9. The van der Waals surface area contributed by atoms with E-state index in [9.17, 15) is 23.6 Å². The number of aromatic nitrogens is 2. The molecular weight excluding hydrogens is 276 g/mol. The molecule has 1 aromatic rings. The van der Waals surface area contributed by atoms with E-state index >= 15 is 0 Å². The zero-order valence-corrected chi connectivity index (χ0v) is 10.9. The monoisotopic (exact) mass is 291 g/mol. The van der Waals surface area contributed by atoms with E-state index in [4.69, 9.17) is 4.74 Å². The number of nitrogens with one attached hydrogen (secondary N) is 1. The SMILES string of the molecule is CCC1OC(n2cc(F)c(=O)[nH]c2=O)[C@@H](F)C1N(C)O. The smallest absolute Gasteiger partial charge is 0.330 e. The van der Waals surface area contributed by atoms with Gasteiger partial charge in [0.2, 0.25) is 5.82 Å². The molecule has 0 aromatic carbocycles. The fourth-order valence-corrected chi connectivity index (χ4v) is 2.36. The summed E-state index contributed by atoms with van der Waals surface area (Å²) in [6.45, 7) is 1.73. The Hall–Kier alpha value is -1.58. The molecule has 0 saturated carbocycles. The molecule has 0 bridgehead atoms. The van der Waals surface area contributed by atoms with E-state index in [1.807, 2.05) is 0 Å². The van der Waals surface area contributed by atoms with Gasteiger partial charge in [0.25, 0.3) is 5.56 Å². The molecule has 2 N–H and O–H groups in total. The summed E-state index contributed by atoms with van der Waals surface area (Å²) in [4.78, 5) is 24.3. The molecular formula is C11H15F2N3O4. The first-order chi connectivity index (χ1) is 9.36. The molecule has 1 aliphatic heterocycles. The molecule has 4 atom stereocenters. The summed E-state index contributed by atoms with van der Waals surface area (Å²) < 4.78 is 33.6. The molecule has 20 heavy (non-hydrogen) atoms. The maximum Gasteiger partial charge on any atom is 0.330 e. The lowest BCUT2D eigenvalue weighted by atomic mass is 10.1. The van der Waals surface area contributed by atoms with Crippen molar-refractivity contribution in [3.63, 3.8) is 0 Å². The first-order valence-corrected chi connectivity index (χ1v) is 6.09. The second-order valence-electron chi connectivity index (χ2n) is 4.63. The van der Waals surface area contributed by atoms with E-state index in [1.54, 1.807) is 11.9 Å². The van der Waals surface area contributed by atoms with Crippen LogP contribution in [0.1, 0.15) is 19.6 Å². The van der Waals surface area contributed by atoms with Crippen LogP contribution in [0.5, 0.6) is 0 Å². The molecule has 7 nitrogen and oxygen atoms in total. The highest BCUT2D eigenvalue weighted by Gasteiger charge is 2.47. The largest absolute Gasteiger partial charge is 0.350 e. The second-order valence-corrected chi connectivity index (χ2v) is 4.63. The fraction of sp³-hybridized carbons (Fsp3) is 0.636. The van der Waals surface area contributed by atoms with Crippen LogP contribution in [-0.4, -0.2) is 45.2 Å².